The Kier molecular flexibility index (Phi) is 4.33. The summed E-state index contributed by atoms with van der Waals surface area (Å²) in [6, 6.07) is 5.30. The van der Waals surface area contributed by atoms with Crippen molar-refractivity contribution in [2.75, 3.05) is 13.1 Å². The summed E-state index contributed by atoms with van der Waals surface area (Å²) < 4.78 is 1.49. The van der Waals surface area contributed by atoms with Gasteiger partial charge in [0.1, 0.15) is 11.5 Å². The number of aryl methyl sites for hydroxylation is 1. The van der Waals surface area contributed by atoms with Crippen LogP contribution in [0.1, 0.15) is 22.9 Å². The highest BCUT2D eigenvalue weighted by molar-refractivity contribution is 6.37. The third-order valence-corrected chi connectivity index (χ3v) is 4.13. The van der Waals surface area contributed by atoms with Crippen LogP contribution in [-0.4, -0.2) is 39.8 Å². The second kappa shape index (κ2) is 6.24. The van der Waals surface area contributed by atoms with E-state index in [1.807, 2.05) is 0 Å². The van der Waals surface area contributed by atoms with Crippen LogP contribution < -0.4 is 10.6 Å². The minimum absolute atomic E-state index is 0.111. The van der Waals surface area contributed by atoms with Gasteiger partial charge in [0.25, 0.3) is 5.91 Å². The number of para-hydroxylation sites is 1. The molecule has 2 aromatic rings. The Balaban J connectivity index is 1.89. The lowest BCUT2D eigenvalue weighted by molar-refractivity contribution is 0.0929. The van der Waals surface area contributed by atoms with E-state index in [-0.39, 0.29) is 17.8 Å². The van der Waals surface area contributed by atoms with Crippen molar-refractivity contribution in [3.63, 3.8) is 0 Å². The Morgan fingerprint density at radius 2 is 2.14 bits per heavy atom. The van der Waals surface area contributed by atoms with Crippen molar-refractivity contribution in [2.45, 2.75) is 19.4 Å². The largest absolute Gasteiger partial charge is 0.345 e. The Labute approximate surface area is 137 Å². The molecule has 1 aromatic heterocycles. The van der Waals surface area contributed by atoms with Gasteiger partial charge in [-0.1, -0.05) is 29.3 Å². The zero-order chi connectivity index (χ0) is 15.7. The van der Waals surface area contributed by atoms with Gasteiger partial charge in [0.05, 0.1) is 10.0 Å². The van der Waals surface area contributed by atoms with Crippen LogP contribution in [0, 0.1) is 6.92 Å². The molecule has 1 aliphatic heterocycles. The van der Waals surface area contributed by atoms with Crippen LogP contribution in [0.15, 0.2) is 18.2 Å². The lowest BCUT2D eigenvalue weighted by Gasteiger charge is -2.09. The van der Waals surface area contributed by atoms with Gasteiger partial charge in [-0.15, -0.1) is 5.10 Å². The minimum atomic E-state index is -0.293. The molecule has 0 bridgehead atoms. The van der Waals surface area contributed by atoms with Gasteiger partial charge in [0.15, 0.2) is 0 Å². The first-order valence-electron chi connectivity index (χ1n) is 6.96. The highest BCUT2D eigenvalue weighted by Crippen LogP contribution is 2.28. The normalized spacial score (nSPS) is 17.7. The van der Waals surface area contributed by atoms with Crippen molar-refractivity contribution < 1.29 is 4.79 Å². The molecule has 116 valence electrons. The molecule has 1 aromatic carbocycles. The number of halogens is 2. The van der Waals surface area contributed by atoms with Crippen LogP contribution in [0.5, 0.6) is 0 Å². The quantitative estimate of drug-likeness (QED) is 0.896. The highest BCUT2D eigenvalue weighted by atomic mass is 35.5. The van der Waals surface area contributed by atoms with Crippen molar-refractivity contribution in [1.82, 2.24) is 25.4 Å². The number of amides is 1. The average Bonchev–Trinajstić information content (AvgIpc) is 3.09. The van der Waals surface area contributed by atoms with E-state index < -0.39 is 0 Å². The van der Waals surface area contributed by atoms with Crippen LogP contribution >= 0.6 is 23.2 Å². The summed E-state index contributed by atoms with van der Waals surface area (Å²) in [5.74, 6) is 0.365. The molecule has 2 N–H and O–H groups in total. The summed E-state index contributed by atoms with van der Waals surface area (Å²) in [5.41, 5.74) is 0.525. The third kappa shape index (κ3) is 2.95. The molecule has 0 radical (unpaired) electrons. The Morgan fingerprint density at radius 1 is 1.41 bits per heavy atom. The molecule has 1 saturated heterocycles. The van der Waals surface area contributed by atoms with Gasteiger partial charge < -0.3 is 10.6 Å². The van der Waals surface area contributed by atoms with Crippen LogP contribution in [-0.2, 0) is 0 Å². The van der Waals surface area contributed by atoms with Crippen LogP contribution in [0.4, 0.5) is 0 Å². The van der Waals surface area contributed by atoms with Crippen molar-refractivity contribution in [3.8, 4) is 5.69 Å². The van der Waals surface area contributed by atoms with Gasteiger partial charge in [0, 0.05) is 12.6 Å². The maximum atomic E-state index is 12.2. The molecular formula is C14H15Cl2N5O. The molecule has 8 heteroatoms. The molecule has 2 heterocycles. The maximum absolute atomic E-state index is 12.2. The molecule has 1 aliphatic rings. The molecule has 6 nitrogen and oxygen atoms in total. The smallest absolute Gasteiger partial charge is 0.291 e. The second-order valence-corrected chi connectivity index (χ2v) is 5.94. The van der Waals surface area contributed by atoms with Crippen molar-refractivity contribution in [1.29, 1.82) is 0 Å². The molecule has 1 unspecified atom stereocenters. The van der Waals surface area contributed by atoms with Crippen LogP contribution in [0.3, 0.4) is 0 Å². The van der Waals surface area contributed by atoms with Crippen LogP contribution in [0.25, 0.3) is 5.69 Å². The number of aromatic nitrogens is 3. The van der Waals surface area contributed by atoms with Crippen molar-refractivity contribution >= 4 is 29.1 Å². The lowest BCUT2D eigenvalue weighted by Crippen LogP contribution is -2.36. The van der Waals surface area contributed by atoms with Gasteiger partial charge in [-0.2, -0.15) is 0 Å². The predicted octanol–water partition coefficient (Wildman–Crippen LogP) is 1.97. The number of rotatable bonds is 3. The monoisotopic (exact) mass is 339 g/mol. The first-order valence-corrected chi connectivity index (χ1v) is 7.71. The average molecular weight is 340 g/mol. The van der Waals surface area contributed by atoms with Gasteiger partial charge in [-0.25, -0.2) is 9.67 Å². The van der Waals surface area contributed by atoms with E-state index in [0.717, 1.165) is 19.5 Å². The van der Waals surface area contributed by atoms with Crippen molar-refractivity contribution in [2.24, 2.45) is 0 Å². The van der Waals surface area contributed by atoms with E-state index in [0.29, 0.717) is 21.6 Å². The minimum Gasteiger partial charge on any atom is -0.345 e. The summed E-state index contributed by atoms with van der Waals surface area (Å²) in [6.45, 7) is 3.42. The number of hydrogen-bond donors (Lipinski definition) is 2. The molecule has 0 saturated carbocycles. The summed E-state index contributed by atoms with van der Waals surface area (Å²) in [6.07, 6.45) is 0.905. The Morgan fingerprint density at radius 3 is 2.77 bits per heavy atom. The first kappa shape index (κ1) is 15.3. The van der Waals surface area contributed by atoms with E-state index in [1.165, 1.54) is 4.68 Å². The van der Waals surface area contributed by atoms with E-state index in [9.17, 15) is 4.79 Å². The first-order chi connectivity index (χ1) is 10.6. The number of hydrogen-bond acceptors (Lipinski definition) is 4. The molecule has 1 amide bonds. The fourth-order valence-corrected chi connectivity index (χ4v) is 2.97. The number of nitrogens with one attached hydrogen (secondary N) is 2. The summed E-state index contributed by atoms with van der Waals surface area (Å²) in [4.78, 5) is 16.4. The summed E-state index contributed by atoms with van der Waals surface area (Å²) in [5, 5.41) is 11.3. The zero-order valence-electron chi connectivity index (χ0n) is 11.9. The van der Waals surface area contributed by atoms with Gasteiger partial charge in [-0.3, -0.25) is 4.79 Å². The van der Waals surface area contributed by atoms with E-state index >= 15 is 0 Å². The molecule has 1 fully saturated rings. The summed E-state index contributed by atoms with van der Waals surface area (Å²) in [7, 11) is 0. The fraction of sp³-hybridized carbons (Fsp3) is 0.357. The molecule has 0 aliphatic carbocycles. The van der Waals surface area contributed by atoms with E-state index in [2.05, 4.69) is 20.7 Å². The fourth-order valence-electron chi connectivity index (χ4n) is 2.42. The lowest BCUT2D eigenvalue weighted by atomic mass is 10.2. The predicted molar refractivity (Wildman–Crippen MR) is 84.9 cm³/mol. The molecule has 3 rings (SSSR count). The molecular weight excluding hydrogens is 325 g/mol. The van der Waals surface area contributed by atoms with E-state index in [1.54, 1.807) is 25.1 Å². The standard InChI is InChI=1S/C14H15Cl2N5O/c1-8-18-13(14(22)19-9-5-6-17-7-9)20-21(8)12-10(15)3-2-4-11(12)16/h2-4,9,17H,5-7H2,1H3,(H,19,22). The number of nitrogens with zero attached hydrogens (tertiary/aromatic N) is 3. The SMILES string of the molecule is Cc1nc(C(=O)NC2CCNC2)nn1-c1c(Cl)cccc1Cl. The summed E-state index contributed by atoms with van der Waals surface area (Å²) >= 11 is 12.4. The Bertz CT molecular complexity index is 689. The number of carbonyl (C=O) groups excluding carboxylic acids is 1. The van der Waals surface area contributed by atoms with Gasteiger partial charge in [0.2, 0.25) is 5.82 Å². The number of carbonyl (C=O) groups is 1. The van der Waals surface area contributed by atoms with Gasteiger partial charge in [-0.05, 0) is 32.0 Å². The van der Waals surface area contributed by atoms with Crippen molar-refractivity contribution in [3.05, 3.63) is 39.9 Å². The highest BCUT2D eigenvalue weighted by Gasteiger charge is 2.22. The third-order valence-electron chi connectivity index (χ3n) is 3.52. The Hall–Kier alpha value is -1.63. The van der Waals surface area contributed by atoms with Gasteiger partial charge >= 0.3 is 0 Å². The number of benzene rings is 1. The second-order valence-electron chi connectivity index (χ2n) is 5.13. The maximum Gasteiger partial charge on any atom is 0.291 e. The molecule has 1 atom stereocenters. The van der Waals surface area contributed by atoms with Crippen LogP contribution in [0.2, 0.25) is 10.0 Å². The van der Waals surface area contributed by atoms with E-state index in [4.69, 9.17) is 23.2 Å². The molecule has 0 spiro atoms. The molecule has 22 heavy (non-hydrogen) atoms. The topological polar surface area (TPSA) is 71.8 Å². The zero-order valence-corrected chi connectivity index (χ0v) is 13.4.